The fourth-order valence-corrected chi connectivity index (χ4v) is 1.90. The molecule has 0 saturated carbocycles. The van der Waals surface area contributed by atoms with Crippen LogP contribution in [0.3, 0.4) is 0 Å². The average molecular weight is 296 g/mol. The van der Waals surface area contributed by atoms with Crippen molar-refractivity contribution in [2.24, 2.45) is 5.73 Å². The van der Waals surface area contributed by atoms with E-state index in [-0.39, 0.29) is 12.5 Å². The Morgan fingerprint density at radius 3 is 2.10 bits per heavy atom. The Bertz CT molecular complexity index is 436. The van der Waals surface area contributed by atoms with Crippen molar-refractivity contribution in [3.05, 3.63) is 29.3 Å². The highest BCUT2D eigenvalue weighted by Crippen LogP contribution is 2.27. The molecule has 0 spiro atoms. The molecule has 20 heavy (non-hydrogen) atoms. The topological polar surface area (TPSA) is 29.3 Å². The molecule has 0 heterocycles. The lowest BCUT2D eigenvalue weighted by Crippen LogP contribution is -2.32. The van der Waals surface area contributed by atoms with Crippen LogP contribution in [0.25, 0.3) is 0 Å². The molecule has 1 atom stereocenters. The van der Waals surface area contributed by atoms with E-state index in [1.165, 1.54) is 0 Å². The molecule has 1 rings (SSSR count). The van der Waals surface area contributed by atoms with Gasteiger partial charge in [-0.25, -0.2) is 8.78 Å². The number of rotatable bonds is 5. The molecule has 1 unspecified atom stereocenters. The molecule has 0 aliphatic rings. The maximum atomic E-state index is 13.8. The number of nitrogens with zero attached hydrogens (tertiary/aromatic N) is 1. The van der Waals surface area contributed by atoms with Crippen molar-refractivity contribution in [2.75, 3.05) is 18.5 Å². The van der Waals surface area contributed by atoms with Crippen molar-refractivity contribution in [3.63, 3.8) is 0 Å². The number of anilines is 1. The first-order valence-electron chi connectivity index (χ1n) is 6.15. The lowest BCUT2D eigenvalue weighted by Gasteiger charge is -2.22. The van der Waals surface area contributed by atoms with Gasteiger partial charge in [0.15, 0.2) is 0 Å². The second-order valence-corrected chi connectivity index (χ2v) is 4.75. The van der Waals surface area contributed by atoms with Gasteiger partial charge in [0.1, 0.15) is 23.9 Å². The third-order valence-electron chi connectivity index (χ3n) is 2.90. The Labute approximate surface area is 114 Å². The maximum Gasteiger partial charge on any atom is 0.405 e. The van der Waals surface area contributed by atoms with Crippen LogP contribution >= 0.6 is 0 Å². The Morgan fingerprint density at radius 1 is 1.20 bits per heavy atom. The number of hydrogen-bond donors (Lipinski definition) is 1. The van der Waals surface area contributed by atoms with Gasteiger partial charge >= 0.3 is 6.18 Å². The molecule has 0 saturated heterocycles. The van der Waals surface area contributed by atoms with Gasteiger partial charge in [-0.1, -0.05) is 6.92 Å². The van der Waals surface area contributed by atoms with Crippen molar-refractivity contribution in [2.45, 2.75) is 32.0 Å². The molecule has 114 valence electrons. The standard InChI is InChI=1S/C13H17F5N2/c1-3-9(19)4-8-5-10(14)12(11(15)6-8)20(2)7-13(16,17)18/h5-6,9H,3-4,7,19H2,1-2H3. The minimum absolute atomic E-state index is 0.243. The zero-order chi connectivity index (χ0) is 15.5. The third kappa shape index (κ3) is 4.63. The summed E-state index contributed by atoms with van der Waals surface area (Å²) in [5, 5.41) is 0. The van der Waals surface area contributed by atoms with Crippen LogP contribution < -0.4 is 10.6 Å². The largest absolute Gasteiger partial charge is 0.405 e. The number of alkyl halides is 3. The summed E-state index contributed by atoms with van der Waals surface area (Å²) in [6, 6.07) is 1.81. The fourth-order valence-electron chi connectivity index (χ4n) is 1.90. The van der Waals surface area contributed by atoms with E-state index in [4.69, 9.17) is 5.73 Å². The zero-order valence-corrected chi connectivity index (χ0v) is 11.3. The second-order valence-electron chi connectivity index (χ2n) is 4.75. The summed E-state index contributed by atoms with van der Waals surface area (Å²) in [6.45, 7) is 0.414. The van der Waals surface area contributed by atoms with Gasteiger partial charge in [0.25, 0.3) is 0 Å². The van der Waals surface area contributed by atoms with Gasteiger partial charge < -0.3 is 10.6 Å². The van der Waals surface area contributed by atoms with Gasteiger partial charge in [0.2, 0.25) is 0 Å². The van der Waals surface area contributed by atoms with Gasteiger partial charge in [0.05, 0.1) is 0 Å². The van der Waals surface area contributed by atoms with Gasteiger partial charge in [-0.05, 0) is 30.5 Å². The monoisotopic (exact) mass is 296 g/mol. The summed E-state index contributed by atoms with van der Waals surface area (Å²) >= 11 is 0. The van der Waals surface area contributed by atoms with E-state index in [0.29, 0.717) is 16.9 Å². The van der Waals surface area contributed by atoms with Crippen LogP contribution in [0.5, 0.6) is 0 Å². The van der Waals surface area contributed by atoms with Crippen molar-refractivity contribution in [1.29, 1.82) is 0 Å². The molecular formula is C13H17F5N2. The number of halogens is 5. The summed E-state index contributed by atoms with van der Waals surface area (Å²) < 4.78 is 64.3. The minimum Gasteiger partial charge on any atom is -0.361 e. The summed E-state index contributed by atoms with van der Waals surface area (Å²) in [4.78, 5) is 0.508. The van der Waals surface area contributed by atoms with Gasteiger partial charge in [-0.15, -0.1) is 0 Å². The number of hydrogen-bond acceptors (Lipinski definition) is 2. The molecule has 2 nitrogen and oxygen atoms in total. The highest BCUT2D eigenvalue weighted by molar-refractivity contribution is 5.50. The lowest BCUT2D eigenvalue weighted by molar-refractivity contribution is -0.119. The molecule has 0 amide bonds. The van der Waals surface area contributed by atoms with Crippen molar-refractivity contribution < 1.29 is 22.0 Å². The van der Waals surface area contributed by atoms with Crippen molar-refractivity contribution in [1.82, 2.24) is 0 Å². The van der Waals surface area contributed by atoms with Crippen LogP contribution in [0, 0.1) is 11.6 Å². The van der Waals surface area contributed by atoms with E-state index < -0.39 is 30.0 Å². The third-order valence-corrected chi connectivity index (χ3v) is 2.90. The van der Waals surface area contributed by atoms with Crippen molar-refractivity contribution >= 4 is 5.69 Å². The van der Waals surface area contributed by atoms with E-state index in [9.17, 15) is 22.0 Å². The lowest BCUT2D eigenvalue weighted by atomic mass is 10.0. The molecule has 1 aromatic rings. The van der Waals surface area contributed by atoms with E-state index in [0.717, 1.165) is 19.2 Å². The van der Waals surface area contributed by atoms with E-state index in [1.54, 1.807) is 0 Å². The Balaban J connectivity index is 3.00. The predicted molar refractivity (Wildman–Crippen MR) is 67.7 cm³/mol. The van der Waals surface area contributed by atoms with Crippen LogP contribution in [-0.4, -0.2) is 25.8 Å². The Hall–Kier alpha value is -1.37. The zero-order valence-electron chi connectivity index (χ0n) is 11.3. The summed E-state index contributed by atoms with van der Waals surface area (Å²) in [6.07, 6.45) is -3.62. The number of benzene rings is 1. The van der Waals surface area contributed by atoms with E-state index >= 15 is 0 Å². The van der Waals surface area contributed by atoms with Crippen LogP contribution in [0.2, 0.25) is 0 Å². The van der Waals surface area contributed by atoms with Crippen LogP contribution in [0.1, 0.15) is 18.9 Å². The predicted octanol–water partition coefficient (Wildman–Crippen LogP) is 3.24. The summed E-state index contributed by atoms with van der Waals surface area (Å²) in [7, 11) is 0.992. The molecule has 0 aliphatic carbocycles. The number of nitrogens with two attached hydrogens (primary N) is 1. The first kappa shape index (κ1) is 16.7. The summed E-state index contributed by atoms with van der Waals surface area (Å²) in [5.41, 5.74) is 5.33. The maximum absolute atomic E-state index is 13.8. The highest BCUT2D eigenvalue weighted by Gasteiger charge is 2.31. The highest BCUT2D eigenvalue weighted by atomic mass is 19.4. The fraction of sp³-hybridized carbons (Fsp3) is 0.538. The SMILES string of the molecule is CCC(N)Cc1cc(F)c(N(C)CC(F)(F)F)c(F)c1. The summed E-state index contributed by atoms with van der Waals surface area (Å²) in [5.74, 6) is -2.04. The smallest absolute Gasteiger partial charge is 0.361 e. The molecule has 0 aliphatic heterocycles. The first-order valence-corrected chi connectivity index (χ1v) is 6.15. The van der Waals surface area contributed by atoms with Crippen molar-refractivity contribution in [3.8, 4) is 0 Å². The second kappa shape index (κ2) is 6.39. The molecule has 0 radical (unpaired) electrons. The van der Waals surface area contributed by atoms with Crippen LogP contribution in [0.4, 0.5) is 27.6 Å². The molecule has 0 aromatic heterocycles. The Morgan fingerprint density at radius 2 is 1.70 bits per heavy atom. The van der Waals surface area contributed by atoms with E-state index in [2.05, 4.69) is 0 Å². The molecule has 1 aromatic carbocycles. The van der Waals surface area contributed by atoms with Gasteiger partial charge in [-0.3, -0.25) is 0 Å². The molecule has 0 fully saturated rings. The van der Waals surface area contributed by atoms with E-state index in [1.807, 2.05) is 6.92 Å². The average Bonchev–Trinajstić information content (AvgIpc) is 2.25. The van der Waals surface area contributed by atoms with Crippen LogP contribution in [0.15, 0.2) is 12.1 Å². The Kier molecular flexibility index (Phi) is 5.33. The van der Waals surface area contributed by atoms with Crippen LogP contribution in [-0.2, 0) is 6.42 Å². The normalized spacial score (nSPS) is 13.4. The first-order chi connectivity index (χ1) is 9.14. The molecule has 7 heteroatoms. The molecule has 0 bridgehead atoms. The quantitative estimate of drug-likeness (QED) is 0.845. The molecule has 2 N–H and O–H groups in total. The minimum atomic E-state index is -4.53. The molecular weight excluding hydrogens is 279 g/mol. The van der Waals surface area contributed by atoms with Gasteiger partial charge in [-0.2, -0.15) is 13.2 Å². The van der Waals surface area contributed by atoms with Gasteiger partial charge in [0, 0.05) is 13.1 Å².